The molecule has 0 atom stereocenters. The van der Waals surface area contributed by atoms with Crippen LogP contribution in [0, 0.1) is 0 Å². The average Bonchev–Trinajstić information content (AvgIpc) is 3.24. The number of benzene rings is 1. The molecule has 1 N–H and O–H groups in total. The largest absolute Gasteiger partial charge is 0.497 e. The zero-order valence-corrected chi connectivity index (χ0v) is 13.3. The van der Waals surface area contributed by atoms with Crippen molar-refractivity contribution in [2.45, 2.75) is 13.0 Å². The van der Waals surface area contributed by atoms with Crippen LogP contribution in [0.2, 0.25) is 0 Å². The van der Waals surface area contributed by atoms with Gasteiger partial charge in [-0.25, -0.2) is 0 Å². The topological polar surface area (TPSA) is 77.2 Å². The Morgan fingerprint density at radius 3 is 2.78 bits per heavy atom. The van der Waals surface area contributed by atoms with Gasteiger partial charge in [-0.2, -0.15) is 11.3 Å². The minimum Gasteiger partial charge on any atom is -0.497 e. The summed E-state index contributed by atoms with van der Waals surface area (Å²) in [7, 11) is 1.62. The lowest BCUT2D eigenvalue weighted by Gasteiger charge is -2.05. The maximum absolute atomic E-state index is 11.9. The standard InChI is InChI=1S/C16H15N3O3S/c1-21-13-4-2-11(3-5-13)9-17-14(20)8-15-18-19-16(22-15)12-6-7-23-10-12/h2-7,10H,8-9H2,1H3,(H,17,20). The Bertz CT molecular complexity index is 766. The van der Waals surface area contributed by atoms with Crippen LogP contribution < -0.4 is 10.1 Å². The molecule has 1 aromatic carbocycles. The molecule has 0 aliphatic heterocycles. The molecule has 2 heterocycles. The van der Waals surface area contributed by atoms with E-state index < -0.39 is 0 Å². The second kappa shape index (κ2) is 7.06. The van der Waals surface area contributed by atoms with Crippen LogP contribution in [0.4, 0.5) is 0 Å². The van der Waals surface area contributed by atoms with Crippen LogP contribution in [-0.4, -0.2) is 23.2 Å². The van der Waals surface area contributed by atoms with E-state index in [1.807, 2.05) is 41.1 Å². The molecule has 0 fully saturated rings. The number of carbonyl (C=O) groups is 1. The number of carbonyl (C=O) groups excluding carboxylic acids is 1. The highest BCUT2D eigenvalue weighted by atomic mass is 32.1. The number of thiophene rings is 1. The second-order valence-corrected chi connectivity index (χ2v) is 5.59. The molecule has 0 saturated carbocycles. The lowest BCUT2D eigenvalue weighted by Crippen LogP contribution is -2.24. The van der Waals surface area contributed by atoms with E-state index in [-0.39, 0.29) is 12.3 Å². The third kappa shape index (κ3) is 3.95. The van der Waals surface area contributed by atoms with Gasteiger partial charge in [-0.1, -0.05) is 12.1 Å². The number of methoxy groups -OCH3 is 1. The number of rotatable bonds is 6. The van der Waals surface area contributed by atoms with Gasteiger partial charge in [0.15, 0.2) is 0 Å². The zero-order valence-electron chi connectivity index (χ0n) is 12.5. The molecule has 0 aliphatic carbocycles. The summed E-state index contributed by atoms with van der Waals surface area (Å²) in [5, 5.41) is 14.5. The van der Waals surface area contributed by atoms with Gasteiger partial charge in [0.1, 0.15) is 12.2 Å². The Balaban J connectivity index is 1.53. The Labute approximate surface area is 137 Å². The molecule has 1 amide bonds. The monoisotopic (exact) mass is 329 g/mol. The SMILES string of the molecule is COc1ccc(CNC(=O)Cc2nnc(-c3ccsc3)o2)cc1. The van der Waals surface area contributed by atoms with E-state index in [0.29, 0.717) is 18.3 Å². The summed E-state index contributed by atoms with van der Waals surface area (Å²) < 4.78 is 10.6. The average molecular weight is 329 g/mol. The maximum atomic E-state index is 11.9. The summed E-state index contributed by atoms with van der Waals surface area (Å²) in [6, 6.07) is 9.41. The van der Waals surface area contributed by atoms with Gasteiger partial charge in [0.2, 0.25) is 17.7 Å². The number of aromatic nitrogens is 2. The first-order chi connectivity index (χ1) is 11.2. The molecule has 3 aromatic rings. The molecule has 2 aromatic heterocycles. The normalized spacial score (nSPS) is 10.5. The van der Waals surface area contributed by atoms with Crippen molar-refractivity contribution in [3.63, 3.8) is 0 Å². The fourth-order valence-electron chi connectivity index (χ4n) is 1.97. The number of ether oxygens (including phenoxy) is 1. The summed E-state index contributed by atoms with van der Waals surface area (Å²) in [5.74, 6) is 1.36. The first-order valence-electron chi connectivity index (χ1n) is 6.99. The molecular weight excluding hydrogens is 314 g/mol. The summed E-state index contributed by atoms with van der Waals surface area (Å²) in [6.07, 6.45) is 0.0628. The van der Waals surface area contributed by atoms with Crippen molar-refractivity contribution < 1.29 is 13.9 Å². The first-order valence-corrected chi connectivity index (χ1v) is 7.93. The van der Waals surface area contributed by atoms with Gasteiger partial charge >= 0.3 is 0 Å². The van der Waals surface area contributed by atoms with Gasteiger partial charge < -0.3 is 14.5 Å². The Morgan fingerprint density at radius 2 is 2.09 bits per heavy atom. The quantitative estimate of drug-likeness (QED) is 0.752. The zero-order chi connectivity index (χ0) is 16.1. The summed E-state index contributed by atoms with van der Waals surface area (Å²) >= 11 is 1.55. The minimum atomic E-state index is -0.165. The Hall–Kier alpha value is -2.67. The van der Waals surface area contributed by atoms with Crippen molar-refractivity contribution in [3.8, 4) is 17.2 Å². The predicted molar refractivity (Wildman–Crippen MR) is 86.2 cm³/mol. The van der Waals surface area contributed by atoms with Gasteiger partial charge in [0.25, 0.3) is 0 Å². The predicted octanol–water partition coefficient (Wildman–Crippen LogP) is 2.67. The number of amides is 1. The molecule has 0 aliphatic rings. The molecule has 0 bridgehead atoms. The van der Waals surface area contributed by atoms with Crippen LogP contribution in [0.3, 0.4) is 0 Å². The van der Waals surface area contributed by atoms with Gasteiger partial charge in [0.05, 0.1) is 7.11 Å². The fourth-order valence-corrected chi connectivity index (χ4v) is 2.60. The summed E-state index contributed by atoms with van der Waals surface area (Å²) in [5.41, 5.74) is 1.86. The first kappa shape index (κ1) is 15.2. The highest BCUT2D eigenvalue weighted by Gasteiger charge is 2.12. The van der Waals surface area contributed by atoms with Gasteiger partial charge in [-0.15, -0.1) is 10.2 Å². The molecule has 0 radical (unpaired) electrons. The van der Waals surface area contributed by atoms with Crippen LogP contribution in [0.15, 0.2) is 45.5 Å². The molecule has 6 nitrogen and oxygen atoms in total. The molecule has 118 valence electrons. The third-order valence-electron chi connectivity index (χ3n) is 3.20. The van der Waals surface area contributed by atoms with Crippen molar-refractivity contribution >= 4 is 17.2 Å². The van der Waals surface area contributed by atoms with Crippen molar-refractivity contribution in [1.82, 2.24) is 15.5 Å². The lowest BCUT2D eigenvalue weighted by molar-refractivity contribution is -0.120. The molecule has 7 heteroatoms. The van der Waals surface area contributed by atoms with E-state index in [1.165, 1.54) is 0 Å². The number of hydrogen-bond acceptors (Lipinski definition) is 6. The molecule has 0 spiro atoms. The van der Waals surface area contributed by atoms with E-state index in [4.69, 9.17) is 9.15 Å². The van der Waals surface area contributed by atoms with Gasteiger partial charge in [-0.3, -0.25) is 4.79 Å². The number of nitrogens with one attached hydrogen (secondary N) is 1. The highest BCUT2D eigenvalue weighted by Crippen LogP contribution is 2.20. The van der Waals surface area contributed by atoms with E-state index >= 15 is 0 Å². The molecule has 0 saturated heterocycles. The van der Waals surface area contributed by atoms with Crippen LogP contribution in [0.1, 0.15) is 11.5 Å². The smallest absolute Gasteiger partial charge is 0.248 e. The molecule has 0 unspecified atom stereocenters. The molecule has 3 rings (SSSR count). The van der Waals surface area contributed by atoms with Crippen molar-refractivity contribution in [1.29, 1.82) is 0 Å². The minimum absolute atomic E-state index is 0.0628. The van der Waals surface area contributed by atoms with Gasteiger partial charge in [0, 0.05) is 17.5 Å². The van der Waals surface area contributed by atoms with E-state index in [0.717, 1.165) is 16.9 Å². The van der Waals surface area contributed by atoms with E-state index in [2.05, 4.69) is 15.5 Å². The van der Waals surface area contributed by atoms with Crippen LogP contribution in [-0.2, 0) is 17.8 Å². The molecular formula is C16H15N3O3S. The Kier molecular flexibility index (Phi) is 4.68. The lowest BCUT2D eigenvalue weighted by atomic mass is 10.2. The second-order valence-electron chi connectivity index (χ2n) is 4.81. The fraction of sp³-hybridized carbons (Fsp3) is 0.188. The van der Waals surface area contributed by atoms with Crippen LogP contribution >= 0.6 is 11.3 Å². The number of hydrogen-bond donors (Lipinski definition) is 1. The van der Waals surface area contributed by atoms with Gasteiger partial charge in [-0.05, 0) is 29.1 Å². The molecule has 23 heavy (non-hydrogen) atoms. The van der Waals surface area contributed by atoms with Crippen LogP contribution in [0.5, 0.6) is 5.75 Å². The van der Waals surface area contributed by atoms with Crippen molar-refractivity contribution in [3.05, 3.63) is 52.5 Å². The van der Waals surface area contributed by atoms with E-state index in [1.54, 1.807) is 18.4 Å². The van der Waals surface area contributed by atoms with E-state index in [9.17, 15) is 4.79 Å². The Morgan fingerprint density at radius 1 is 1.26 bits per heavy atom. The summed E-state index contributed by atoms with van der Waals surface area (Å²) in [4.78, 5) is 11.9. The maximum Gasteiger partial charge on any atom is 0.248 e. The third-order valence-corrected chi connectivity index (χ3v) is 3.88. The summed E-state index contributed by atoms with van der Waals surface area (Å²) in [6.45, 7) is 0.439. The van der Waals surface area contributed by atoms with Crippen LogP contribution in [0.25, 0.3) is 11.5 Å². The van der Waals surface area contributed by atoms with Crippen molar-refractivity contribution in [2.75, 3.05) is 7.11 Å². The number of nitrogens with zero attached hydrogens (tertiary/aromatic N) is 2. The van der Waals surface area contributed by atoms with Crippen molar-refractivity contribution in [2.24, 2.45) is 0 Å². The highest BCUT2D eigenvalue weighted by molar-refractivity contribution is 7.08.